The van der Waals surface area contributed by atoms with Crippen LogP contribution in [0.1, 0.15) is 18.4 Å². The van der Waals surface area contributed by atoms with E-state index in [1.807, 2.05) is 0 Å². The standard InChI is InChI=1S/C17H17F3N2O5/c18-17(19,20)7-1-4-11(10(21)5-7)22-12(23)6-27-16(26)9-3-2-8-13(9)14(8)15(24)25/h1,4-5,8-9,13-14H,2-3,6,21H2,(H,22,23)(H,24,25). The van der Waals surface area contributed by atoms with Gasteiger partial charge in [-0.1, -0.05) is 0 Å². The van der Waals surface area contributed by atoms with Gasteiger partial charge in [-0.05, 0) is 42.9 Å². The zero-order chi connectivity index (χ0) is 19.9. The summed E-state index contributed by atoms with van der Waals surface area (Å²) in [5.41, 5.74) is 4.26. The van der Waals surface area contributed by atoms with E-state index in [0.29, 0.717) is 18.9 Å². The van der Waals surface area contributed by atoms with Crippen LogP contribution in [-0.4, -0.2) is 29.6 Å². The maximum absolute atomic E-state index is 12.6. The van der Waals surface area contributed by atoms with Crippen molar-refractivity contribution >= 4 is 29.2 Å². The van der Waals surface area contributed by atoms with Crippen LogP contribution < -0.4 is 11.1 Å². The normalized spacial score (nSPS) is 26.2. The number of anilines is 2. The molecule has 0 heterocycles. The highest BCUT2D eigenvalue weighted by atomic mass is 19.4. The van der Waals surface area contributed by atoms with Gasteiger partial charge in [-0.3, -0.25) is 14.4 Å². The van der Waals surface area contributed by atoms with Crippen molar-refractivity contribution in [1.29, 1.82) is 0 Å². The molecular formula is C17H17F3N2O5. The molecule has 2 fully saturated rings. The lowest BCUT2D eigenvalue weighted by atomic mass is 10.0. The Hall–Kier alpha value is -2.78. The number of esters is 1. The zero-order valence-corrected chi connectivity index (χ0v) is 14.0. The minimum atomic E-state index is -4.55. The second-order valence-electron chi connectivity index (χ2n) is 6.74. The van der Waals surface area contributed by atoms with Gasteiger partial charge in [0.1, 0.15) is 0 Å². The third-order valence-corrected chi connectivity index (χ3v) is 5.09. The van der Waals surface area contributed by atoms with Gasteiger partial charge in [0.25, 0.3) is 5.91 Å². The molecule has 0 radical (unpaired) electrons. The van der Waals surface area contributed by atoms with Crippen LogP contribution in [0.3, 0.4) is 0 Å². The molecule has 1 aromatic rings. The molecule has 1 aromatic carbocycles. The minimum absolute atomic E-state index is 0.0131. The minimum Gasteiger partial charge on any atom is -0.481 e. The van der Waals surface area contributed by atoms with E-state index in [4.69, 9.17) is 15.6 Å². The molecule has 2 saturated carbocycles. The van der Waals surface area contributed by atoms with E-state index in [1.54, 1.807) is 0 Å². The van der Waals surface area contributed by atoms with Crippen molar-refractivity contribution in [3.63, 3.8) is 0 Å². The molecule has 10 heteroatoms. The van der Waals surface area contributed by atoms with Gasteiger partial charge in [0, 0.05) is 0 Å². The number of fused-ring (bicyclic) bond motifs is 1. The Morgan fingerprint density at radius 3 is 2.52 bits per heavy atom. The third-order valence-electron chi connectivity index (χ3n) is 5.09. The summed E-state index contributed by atoms with van der Waals surface area (Å²) < 4.78 is 42.7. The van der Waals surface area contributed by atoms with Gasteiger partial charge < -0.3 is 20.9 Å². The van der Waals surface area contributed by atoms with Gasteiger partial charge in [-0.2, -0.15) is 13.2 Å². The lowest BCUT2D eigenvalue weighted by molar-refractivity contribution is -0.152. The van der Waals surface area contributed by atoms with E-state index >= 15 is 0 Å². The number of carbonyl (C=O) groups excluding carboxylic acids is 2. The third kappa shape index (κ3) is 3.83. The fourth-order valence-corrected chi connectivity index (χ4v) is 3.79. The van der Waals surface area contributed by atoms with E-state index in [-0.39, 0.29) is 23.2 Å². The van der Waals surface area contributed by atoms with Crippen LogP contribution in [0.15, 0.2) is 18.2 Å². The molecule has 0 saturated heterocycles. The Kier molecular flexibility index (Phi) is 4.75. The molecular weight excluding hydrogens is 369 g/mol. The lowest BCUT2D eigenvalue weighted by Crippen LogP contribution is -2.26. The van der Waals surface area contributed by atoms with Gasteiger partial charge in [-0.15, -0.1) is 0 Å². The molecule has 0 aliphatic heterocycles. The molecule has 0 bridgehead atoms. The molecule has 0 aromatic heterocycles. The van der Waals surface area contributed by atoms with Crippen LogP contribution >= 0.6 is 0 Å². The first-order valence-corrected chi connectivity index (χ1v) is 8.25. The van der Waals surface area contributed by atoms with Crippen molar-refractivity contribution in [1.82, 2.24) is 0 Å². The van der Waals surface area contributed by atoms with Crippen LogP contribution in [0, 0.1) is 23.7 Å². The second-order valence-corrected chi connectivity index (χ2v) is 6.74. The van der Waals surface area contributed by atoms with Gasteiger partial charge in [0.2, 0.25) is 0 Å². The van der Waals surface area contributed by atoms with Crippen LogP contribution in [-0.2, 0) is 25.3 Å². The number of nitrogen functional groups attached to an aromatic ring is 1. The number of nitrogens with two attached hydrogens (primary N) is 1. The number of carboxylic acids is 1. The van der Waals surface area contributed by atoms with Crippen molar-refractivity contribution in [3.05, 3.63) is 23.8 Å². The topological polar surface area (TPSA) is 119 Å². The van der Waals surface area contributed by atoms with E-state index in [0.717, 1.165) is 12.1 Å². The summed E-state index contributed by atoms with van der Waals surface area (Å²) in [6, 6.07) is 2.48. The number of aliphatic carboxylic acids is 1. The average molecular weight is 386 g/mol. The number of hydrogen-bond donors (Lipinski definition) is 3. The van der Waals surface area contributed by atoms with E-state index in [9.17, 15) is 27.6 Å². The van der Waals surface area contributed by atoms with Crippen LogP contribution in [0.25, 0.3) is 0 Å². The number of alkyl halides is 3. The second kappa shape index (κ2) is 6.75. The summed E-state index contributed by atoms with van der Waals surface area (Å²) in [4.78, 5) is 35.0. The summed E-state index contributed by atoms with van der Waals surface area (Å²) in [5, 5.41) is 11.3. The molecule has 4 N–H and O–H groups in total. The average Bonchev–Trinajstić information content (AvgIpc) is 3.14. The number of nitrogens with one attached hydrogen (secondary N) is 1. The summed E-state index contributed by atoms with van der Waals surface area (Å²) >= 11 is 0. The predicted molar refractivity (Wildman–Crippen MR) is 86.3 cm³/mol. The Balaban J connectivity index is 1.52. The Morgan fingerprint density at radius 1 is 1.26 bits per heavy atom. The molecule has 4 unspecified atom stereocenters. The van der Waals surface area contributed by atoms with E-state index in [2.05, 4.69) is 5.32 Å². The monoisotopic (exact) mass is 386 g/mol. The maximum Gasteiger partial charge on any atom is 0.416 e. The van der Waals surface area contributed by atoms with Gasteiger partial charge in [-0.25, -0.2) is 0 Å². The highest BCUT2D eigenvalue weighted by Crippen LogP contribution is 2.60. The highest BCUT2D eigenvalue weighted by molar-refractivity contribution is 5.95. The van der Waals surface area contributed by atoms with E-state index in [1.165, 1.54) is 0 Å². The molecule has 2 aliphatic rings. The van der Waals surface area contributed by atoms with Crippen molar-refractivity contribution in [2.45, 2.75) is 19.0 Å². The molecule has 1 amide bonds. The Bertz CT molecular complexity index is 795. The largest absolute Gasteiger partial charge is 0.481 e. The molecule has 0 spiro atoms. The molecule has 146 valence electrons. The smallest absolute Gasteiger partial charge is 0.416 e. The summed E-state index contributed by atoms with van der Waals surface area (Å²) in [7, 11) is 0. The van der Waals surface area contributed by atoms with Gasteiger partial charge >= 0.3 is 18.1 Å². The number of hydrogen-bond acceptors (Lipinski definition) is 5. The summed E-state index contributed by atoms with van der Waals surface area (Å²) in [5.74, 6) is -3.66. The zero-order valence-electron chi connectivity index (χ0n) is 14.0. The summed E-state index contributed by atoms with van der Waals surface area (Å²) in [6.07, 6.45) is -3.40. The SMILES string of the molecule is Nc1cc(C(F)(F)F)ccc1NC(=O)COC(=O)C1CCC2C(C(=O)O)C12. The van der Waals surface area contributed by atoms with Crippen molar-refractivity contribution in [2.24, 2.45) is 23.7 Å². The lowest BCUT2D eigenvalue weighted by Gasteiger charge is -2.14. The number of ether oxygens (including phenoxy) is 1. The van der Waals surface area contributed by atoms with Crippen molar-refractivity contribution in [3.8, 4) is 0 Å². The summed E-state index contributed by atoms with van der Waals surface area (Å²) in [6.45, 7) is -0.634. The quantitative estimate of drug-likeness (QED) is 0.527. The number of carboxylic acid groups (broad SMARTS) is 1. The Labute approximate surface area is 151 Å². The van der Waals surface area contributed by atoms with Crippen LogP contribution in [0.5, 0.6) is 0 Å². The number of carbonyl (C=O) groups is 3. The number of amides is 1. The first kappa shape index (κ1) is 19.0. The fourth-order valence-electron chi connectivity index (χ4n) is 3.79. The number of rotatable bonds is 5. The Morgan fingerprint density at radius 2 is 1.96 bits per heavy atom. The highest BCUT2D eigenvalue weighted by Gasteiger charge is 2.63. The molecule has 2 aliphatic carbocycles. The van der Waals surface area contributed by atoms with Crippen LogP contribution in [0.4, 0.5) is 24.5 Å². The van der Waals surface area contributed by atoms with E-state index < -0.39 is 48.0 Å². The molecule has 27 heavy (non-hydrogen) atoms. The predicted octanol–water partition coefficient (Wildman–Crippen LogP) is 2.13. The first-order chi connectivity index (χ1) is 12.6. The molecule has 3 rings (SSSR count). The van der Waals surface area contributed by atoms with Gasteiger partial charge in [0.15, 0.2) is 6.61 Å². The first-order valence-electron chi connectivity index (χ1n) is 8.25. The van der Waals surface area contributed by atoms with Crippen LogP contribution in [0.2, 0.25) is 0 Å². The van der Waals surface area contributed by atoms with Crippen molar-refractivity contribution in [2.75, 3.05) is 17.7 Å². The maximum atomic E-state index is 12.6. The van der Waals surface area contributed by atoms with Crippen molar-refractivity contribution < 1.29 is 37.4 Å². The fraction of sp³-hybridized carbons (Fsp3) is 0.471. The number of benzene rings is 1. The molecule has 7 nitrogen and oxygen atoms in total. The number of halogens is 3. The van der Waals surface area contributed by atoms with Gasteiger partial charge in [0.05, 0.1) is 28.8 Å². The molecule has 4 atom stereocenters.